The van der Waals surface area contributed by atoms with E-state index in [0.717, 1.165) is 54.4 Å². The third-order valence-electron chi connectivity index (χ3n) is 4.46. The van der Waals surface area contributed by atoms with Crippen molar-refractivity contribution in [1.82, 2.24) is 9.88 Å². The smallest absolute Gasteiger partial charge is 0.229 e. The van der Waals surface area contributed by atoms with E-state index in [1.807, 2.05) is 34.9 Å². The van der Waals surface area contributed by atoms with Gasteiger partial charge in [0.05, 0.1) is 11.4 Å². The second kappa shape index (κ2) is 5.80. The molecule has 0 radical (unpaired) electrons. The monoisotopic (exact) mass is 313 g/mol. The van der Waals surface area contributed by atoms with E-state index >= 15 is 0 Å². The van der Waals surface area contributed by atoms with E-state index in [2.05, 4.69) is 23.1 Å². The molecule has 0 N–H and O–H groups in total. The van der Waals surface area contributed by atoms with Gasteiger partial charge in [-0.15, -0.1) is 0 Å². The van der Waals surface area contributed by atoms with E-state index in [9.17, 15) is 4.79 Å². The highest BCUT2D eigenvalue weighted by molar-refractivity contribution is 7.99. The summed E-state index contributed by atoms with van der Waals surface area (Å²) in [4.78, 5) is 21.4. The second-order valence-corrected chi connectivity index (χ2v) is 7.13. The molecule has 2 fully saturated rings. The van der Waals surface area contributed by atoms with Gasteiger partial charge in [-0.25, -0.2) is 4.98 Å². The fraction of sp³-hybridized carbons (Fsp3) is 0.412. The Labute approximate surface area is 134 Å². The van der Waals surface area contributed by atoms with Crippen molar-refractivity contribution in [3.8, 4) is 0 Å². The van der Waals surface area contributed by atoms with Crippen LogP contribution in [0.3, 0.4) is 0 Å². The Hall–Kier alpha value is -1.75. The first kappa shape index (κ1) is 13.9. The molecule has 22 heavy (non-hydrogen) atoms. The molecule has 2 saturated heterocycles. The van der Waals surface area contributed by atoms with E-state index in [0.29, 0.717) is 5.91 Å². The van der Waals surface area contributed by atoms with Gasteiger partial charge in [0.25, 0.3) is 0 Å². The largest absolute Gasteiger partial charge is 0.355 e. The van der Waals surface area contributed by atoms with Gasteiger partial charge in [0.15, 0.2) is 0 Å². The topological polar surface area (TPSA) is 36.4 Å². The van der Waals surface area contributed by atoms with Gasteiger partial charge < -0.3 is 9.80 Å². The number of hydrogen-bond acceptors (Lipinski definition) is 4. The summed E-state index contributed by atoms with van der Waals surface area (Å²) in [6.45, 7) is 3.42. The predicted octanol–water partition coefficient (Wildman–Crippen LogP) is 2.25. The lowest BCUT2D eigenvalue weighted by atomic mass is 9.98. The molecule has 0 atom stereocenters. The molecule has 0 unspecified atom stereocenters. The summed E-state index contributed by atoms with van der Waals surface area (Å²) in [5, 5.41) is 1.16. The zero-order chi connectivity index (χ0) is 14.9. The van der Waals surface area contributed by atoms with Gasteiger partial charge in [-0.1, -0.05) is 18.2 Å². The van der Waals surface area contributed by atoms with Crippen LogP contribution in [-0.2, 0) is 4.79 Å². The van der Waals surface area contributed by atoms with Crippen molar-refractivity contribution in [2.45, 2.75) is 0 Å². The highest BCUT2D eigenvalue weighted by Crippen LogP contribution is 2.26. The first-order chi connectivity index (χ1) is 10.8. The Balaban J connectivity index is 1.42. The van der Waals surface area contributed by atoms with Crippen LogP contribution in [0, 0.1) is 5.92 Å². The minimum absolute atomic E-state index is 0.149. The number of fused-ring (bicyclic) bond motifs is 1. The number of carbonyl (C=O) groups excluding carboxylic acids is 1. The Morgan fingerprint density at radius 1 is 1.09 bits per heavy atom. The minimum Gasteiger partial charge on any atom is -0.355 e. The number of thioether (sulfide) groups is 1. The quantitative estimate of drug-likeness (QED) is 0.852. The summed E-state index contributed by atoms with van der Waals surface area (Å²) >= 11 is 1.94. The van der Waals surface area contributed by atoms with E-state index in [-0.39, 0.29) is 5.92 Å². The molecule has 4 rings (SSSR count). The van der Waals surface area contributed by atoms with Crippen LogP contribution >= 0.6 is 11.8 Å². The van der Waals surface area contributed by atoms with Crippen molar-refractivity contribution >= 4 is 34.4 Å². The molecule has 1 aromatic heterocycles. The van der Waals surface area contributed by atoms with Crippen molar-refractivity contribution in [3.05, 3.63) is 36.4 Å². The summed E-state index contributed by atoms with van der Waals surface area (Å²) < 4.78 is 0. The highest BCUT2D eigenvalue weighted by atomic mass is 32.2. The van der Waals surface area contributed by atoms with Gasteiger partial charge in [-0.3, -0.25) is 4.79 Å². The minimum atomic E-state index is 0.149. The molecule has 1 amide bonds. The van der Waals surface area contributed by atoms with E-state index < -0.39 is 0 Å². The molecule has 0 spiro atoms. The van der Waals surface area contributed by atoms with Gasteiger partial charge in [0.2, 0.25) is 5.91 Å². The Morgan fingerprint density at radius 2 is 1.86 bits per heavy atom. The van der Waals surface area contributed by atoms with Crippen molar-refractivity contribution in [1.29, 1.82) is 0 Å². The normalized spacial score (nSPS) is 19.3. The van der Waals surface area contributed by atoms with Gasteiger partial charge in [0.1, 0.15) is 5.82 Å². The fourth-order valence-corrected chi connectivity index (χ4v) is 4.00. The van der Waals surface area contributed by atoms with Gasteiger partial charge in [-0.2, -0.15) is 11.8 Å². The number of hydrogen-bond donors (Lipinski definition) is 0. The van der Waals surface area contributed by atoms with Crippen LogP contribution in [0.2, 0.25) is 0 Å². The molecule has 2 aliphatic heterocycles. The van der Waals surface area contributed by atoms with E-state index in [1.54, 1.807) is 0 Å². The Kier molecular flexibility index (Phi) is 3.66. The van der Waals surface area contributed by atoms with Crippen LogP contribution in [-0.4, -0.2) is 53.5 Å². The molecule has 0 aliphatic carbocycles. The standard InChI is InChI=1S/C17H19N3OS/c21-17(19-7-9-22-10-8-19)14-11-20(12-14)16-6-5-13-3-1-2-4-15(13)18-16/h1-6,14H,7-12H2. The number of rotatable bonds is 2. The number of pyridine rings is 1. The number of nitrogens with zero attached hydrogens (tertiary/aromatic N) is 3. The van der Waals surface area contributed by atoms with Crippen LogP contribution in [0.25, 0.3) is 10.9 Å². The third kappa shape index (κ3) is 2.54. The number of aromatic nitrogens is 1. The average molecular weight is 313 g/mol. The summed E-state index contributed by atoms with van der Waals surface area (Å²) in [6.07, 6.45) is 0. The summed E-state index contributed by atoms with van der Waals surface area (Å²) in [5.74, 6) is 3.62. The molecule has 0 bridgehead atoms. The molecule has 0 saturated carbocycles. The molecule has 1 aromatic carbocycles. The fourth-order valence-electron chi connectivity index (χ4n) is 3.10. The lowest BCUT2D eigenvalue weighted by Gasteiger charge is -2.42. The number of benzene rings is 1. The zero-order valence-corrected chi connectivity index (χ0v) is 13.3. The van der Waals surface area contributed by atoms with Crippen LogP contribution in [0.15, 0.2) is 36.4 Å². The van der Waals surface area contributed by atoms with Crippen LogP contribution in [0.4, 0.5) is 5.82 Å². The summed E-state index contributed by atoms with van der Waals surface area (Å²) in [5.41, 5.74) is 1.02. The van der Waals surface area contributed by atoms with Crippen molar-refractivity contribution in [2.75, 3.05) is 42.6 Å². The number of anilines is 1. The maximum absolute atomic E-state index is 12.4. The molecule has 4 nitrogen and oxygen atoms in total. The van der Waals surface area contributed by atoms with Crippen LogP contribution < -0.4 is 4.90 Å². The van der Waals surface area contributed by atoms with Crippen molar-refractivity contribution in [3.63, 3.8) is 0 Å². The third-order valence-corrected chi connectivity index (χ3v) is 5.40. The lowest BCUT2D eigenvalue weighted by Crippen LogP contribution is -2.56. The van der Waals surface area contributed by atoms with Gasteiger partial charge in [0, 0.05) is 43.1 Å². The lowest BCUT2D eigenvalue weighted by molar-refractivity contribution is -0.135. The molecular formula is C17H19N3OS. The molecule has 2 aromatic rings. The first-order valence-corrected chi connectivity index (χ1v) is 8.94. The summed E-state index contributed by atoms with van der Waals surface area (Å²) in [7, 11) is 0. The number of para-hydroxylation sites is 1. The van der Waals surface area contributed by atoms with Crippen molar-refractivity contribution in [2.24, 2.45) is 5.92 Å². The molecular weight excluding hydrogens is 294 g/mol. The maximum Gasteiger partial charge on any atom is 0.229 e. The van der Waals surface area contributed by atoms with Crippen LogP contribution in [0.1, 0.15) is 0 Å². The van der Waals surface area contributed by atoms with E-state index in [4.69, 9.17) is 4.98 Å². The average Bonchev–Trinajstić information content (AvgIpc) is 2.54. The molecule has 2 aliphatic rings. The summed E-state index contributed by atoms with van der Waals surface area (Å²) in [6, 6.07) is 12.3. The second-order valence-electron chi connectivity index (χ2n) is 5.90. The SMILES string of the molecule is O=C(C1CN(c2ccc3ccccc3n2)C1)N1CCSCC1. The molecule has 5 heteroatoms. The predicted molar refractivity (Wildman–Crippen MR) is 91.4 cm³/mol. The highest BCUT2D eigenvalue weighted by Gasteiger charge is 2.36. The first-order valence-electron chi connectivity index (χ1n) is 7.78. The van der Waals surface area contributed by atoms with Crippen LogP contribution in [0.5, 0.6) is 0 Å². The maximum atomic E-state index is 12.4. The number of carbonyl (C=O) groups is 1. The van der Waals surface area contributed by atoms with Gasteiger partial charge >= 0.3 is 0 Å². The number of amides is 1. The van der Waals surface area contributed by atoms with Crippen molar-refractivity contribution < 1.29 is 4.79 Å². The van der Waals surface area contributed by atoms with Gasteiger partial charge in [-0.05, 0) is 18.2 Å². The molecule has 114 valence electrons. The molecule has 3 heterocycles. The Bertz CT molecular complexity index is 693. The zero-order valence-electron chi connectivity index (χ0n) is 12.4. The Morgan fingerprint density at radius 3 is 2.68 bits per heavy atom. The van der Waals surface area contributed by atoms with E-state index in [1.165, 1.54) is 0 Å².